The number of methoxy groups -OCH3 is 1. The van der Waals surface area contributed by atoms with Gasteiger partial charge in [0, 0.05) is 31.3 Å². The minimum atomic E-state index is -0.116. The Morgan fingerprint density at radius 3 is 2.84 bits per heavy atom. The van der Waals surface area contributed by atoms with Crippen molar-refractivity contribution in [2.24, 2.45) is 0 Å². The van der Waals surface area contributed by atoms with E-state index in [1.54, 1.807) is 7.11 Å². The number of ether oxygens (including phenoxy) is 2. The summed E-state index contributed by atoms with van der Waals surface area (Å²) in [5.74, 6) is 0.713. The first-order valence-corrected chi connectivity index (χ1v) is 11.4. The van der Waals surface area contributed by atoms with Gasteiger partial charge in [-0.25, -0.2) is 0 Å². The van der Waals surface area contributed by atoms with E-state index in [2.05, 4.69) is 27.3 Å². The fourth-order valence-corrected chi connectivity index (χ4v) is 4.24. The Morgan fingerprint density at radius 2 is 2.09 bits per heavy atom. The quantitative estimate of drug-likeness (QED) is 0.510. The van der Waals surface area contributed by atoms with Crippen molar-refractivity contribution in [3.05, 3.63) is 76.1 Å². The van der Waals surface area contributed by atoms with Crippen LogP contribution in [-0.2, 0) is 17.7 Å². The predicted octanol–water partition coefficient (Wildman–Crippen LogP) is 3.63. The summed E-state index contributed by atoms with van der Waals surface area (Å²) in [6, 6.07) is 17.9. The monoisotopic (exact) mass is 451 g/mol. The fraction of sp³-hybridized carbons (Fsp3) is 0.360. The molecule has 6 nitrogen and oxygen atoms in total. The molecule has 3 aromatic rings. The van der Waals surface area contributed by atoms with E-state index in [0.717, 1.165) is 43.3 Å². The number of nitrogens with one attached hydrogen (secondary N) is 2. The van der Waals surface area contributed by atoms with Crippen molar-refractivity contribution in [3.8, 4) is 5.75 Å². The Kier molecular flexibility index (Phi) is 7.39. The summed E-state index contributed by atoms with van der Waals surface area (Å²) >= 11 is 5.73. The lowest BCUT2D eigenvalue weighted by Gasteiger charge is -2.28. The number of aromatic nitrogens is 1. The molecule has 0 aliphatic carbocycles. The minimum Gasteiger partial charge on any atom is -0.497 e. The van der Waals surface area contributed by atoms with E-state index >= 15 is 0 Å². The summed E-state index contributed by atoms with van der Waals surface area (Å²) in [5.41, 5.74) is 2.57. The van der Waals surface area contributed by atoms with E-state index < -0.39 is 0 Å². The molecule has 0 amide bonds. The summed E-state index contributed by atoms with van der Waals surface area (Å²) in [7, 11) is 1.61. The molecule has 4 rings (SSSR count). The van der Waals surface area contributed by atoms with Gasteiger partial charge in [0.25, 0.3) is 5.56 Å². The largest absolute Gasteiger partial charge is 0.497 e. The maximum Gasteiger partial charge on any atom is 0.253 e. The minimum absolute atomic E-state index is 0.116. The van der Waals surface area contributed by atoms with Gasteiger partial charge >= 0.3 is 0 Å². The van der Waals surface area contributed by atoms with Gasteiger partial charge in [0.15, 0.2) is 5.11 Å². The molecule has 1 aliphatic heterocycles. The molecule has 1 fully saturated rings. The number of aromatic amines is 1. The maximum absolute atomic E-state index is 12.8. The smallest absolute Gasteiger partial charge is 0.253 e. The summed E-state index contributed by atoms with van der Waals surface area (Å²) in [4.78, 5) is 17.8. The second-order valence-electron chi connectivity index (χ2n) is 8.06. The molecule has 1 aliphatic rings. The lowest BCUT2D eigenvalue weighted by atomic mass is 10.1. The van der Waals surface area contributed by atoms with Crippen LogP contribution in [0.15, 0.2) is 59.4 Å². The number of rotatable bonds is 8. The molecule has 2 heterocycles. The average molecular weight is 452 g/mol. The van der Waals surface area contributed by atoms with Crippen molar-refractivity contribution in [2.75, 3.05) is 26.8 Å². The van der Waals surface area contributed by atoms with Crippen LogP contribution < -0.4 is 15.6 Å². The maximum atomic E-state index is 12.8. The van der Waals surface area contributed by atoms with Crippen LogP contribution in [0.2, 0.25) is 0 Å². The van der Waals surface area contributed by atoms with Crippen LogP contribution in [0.3, 0.4) is 0 Å². The first-order chi connectivity index (χ1) is 15.6. The zero-order chi connectivity index (χ0) is 22.3. The molecule has 0 radical (unpaired) electrons. The number of H-pyrrole nitrogens is 1. The second-order valence-corrected chi connectivity index (χ2v) is 8.45. The number of hydrogen-bond acceptors (Lipinski definition) is 4. The van der Waals surface area contributed by atoms with Gasteiger partial charge in [-0.1, -0.05) is 30.3 Å². The molecular weight excluding hydrogens is 422 g/mol. The van der Waals surface area contributed by atoms with Crippen LogP contribution in [0, 0.1) is 0 Å². The molecule has 32 heavy (non-hydrogen) atoms. The molecule has 0 unspecified atom stereocenters. The highest BCUT2D eigenvalue weighted by Gasteiger charge is 2.22. The van der Waals surface area contributed by atoms with Crippen LogP contribution in [0.1, 0.15) is 24.0 Å². The molecule has 1 atom stereocenters. The van der Waals surface area contributed by atoms with Crippen molar-refractivity contribution in [3.63, 3.8) is 0 Å². The van der Waals surface area contributed by atoms with Gasteiger partial charge in [-0.15, -0.1) is 0 Å². The van der Waals surface area contributed by atoms with E-state index in [4.69, 9.17) is 21.7 Å². The number of hydrogen-bond donors (Lipinski definition) is 2. The number of nitrogens with zero attached hydrogens (tertiary/aromatic N) is 1. The number of pyridine rings is 1. The lowest BCUT2D eigenvalue weighted by Crippen LogP contribution is -2.44. The Morgan fingerprint density at radius 1 is 1.25 bits per heavy atom. The molecule has 0 bridgehead atoms. The van der Waals surface area contributed by atoms with Gasteiger partial charge in [-0.2, -0.15) is 0 Å². The summed E-state index contributed by atoms with van der Waals surface area (Å²) in [6.45, 7) is 2.61. The average Bonchev–Trinajstić information content (AvgIpc) is 3.32. The Balaban J connectivity index is 1.48. The third-order valence-electron chi connectivity index (χ3n) is 5.76. The van der Waals surface area contributed by atoms with Crippen LogP contribution >= 0.6 is 12.2 Å². The van der Waals surface area contributed by atoms with E-state index in [-0.39, 0.29) is 11.7 Å². The first-order valence-electron chi connectivity index (χ1n) is 11.0. The highest BCUT2D eigenvalue weighted by molar-refractivity contribution is 7.80. The number of benzene rings is 2. The van der Waals surface area contributed by atoms with Gasteiger partial charge in [-0.3, -0.25) is 4.79 Å². The van der Waals surface area contributed by atoms with Crippen LogP contribution in [0.5, 0.6) is 5.75 Å². The normalized spacial score (nSPS) is 15.6. The SMILES string of the molecule is COc1ccc2cc(CN(C[C@H]3CCCO3)C(=S)NCCc3ccccc3)c(=O)[nH]c2c1. The van der Waals surface area contributed by atoms with E-state index in [1.807, 2.05) is 42.5 Å². The lowest BCUT2D eigenvalue weighted by molar-refractivity contribution is 0.0897. The summed E-state index contributed by atoms with van der Waals surface area (Å²) in [6.07, 6.45) is 3.09. The molecule has 0 saturated carbocycles. The molecule has 1 saturated heterocycles. The van der Waals surface area contributed by atoms with Crippen molar-refractivity contribution >= 4 is 28.2 Å². The predicted molar refractivity (Wildman–Crippen MR) is 131 cm³/mol. The highest BCUT2D eigenvalue weighted by Crippen LogP contribution is 2.20. The zero-order valence-corrected chi connectivity index (χ0v) is 19.1. The third kappa shape index (κ3) is 5.66. The topological polar surface area (TPSA) is 66.6 Å². The first kappa shape index (κ1) is 22.3. The Bertz CT molecular complexity index is 1110. The third-order valence-corrected chi connectivity index (χ3v) is 6.16. The van der Waals surface area contributed by atoms with Crippen molar-refractivity contribution < 1.29 is 9.47 Å². The Hall–Kier alpha value is -2.90. The van der Waals surface area contributed by atoms with Gasteiger partial charge in [0.2, 0.25) is 0 Å². The number of fused-ring (bicyclic) bond motifs is 1. The molecule has 0 spiro atoms. The van der Waals surface area contributed by atoms with E-state index in [9.17, 15) is 4.79 Å². The molecule has 168 valence electrons. The van der Waals surface area contributed by atoms with Gasteiger partial charge in [0.1, 0.15) is 5.75 Å². The van der Waals surface area contributed by atoms with Gasteiger partial charge in [0.05, 0.1) is 25.3 Å². The molecular formula is C25H29N3O3S. The van der Waals surface area contributed by atoms with Crippen molar-refractivity contribution in [1.82, 2.24) is 15.2 Å². The van der Waals surface area contributed by atoms with Crippen molar-refractivity contribution in [1.29, 1.82) is 0 Å². The van der Waals surface area contributed by atoms with E-state index in [0.29, 0.717) is 29.5 Å². The molecule has 7 heteroatoms. The molecule has 1 aromatic heterocycles. The fourth-order valence-electron chi connectivity index (χ4n) is 4.00. The van der Waals surface area contributed by atoms with Gasteiger partial charge < -0.3 is 24.7 Å². The van der Waals surface area contributed by atoms with Gasteiger partial charge in [-0.05, 0) is 60.6 Å². The van der Waals surface area contributed by atoms with Crippen LogP contribution in [0.4, 0.5) is 0 Å². The zero-order valence-electron chi connectivity index (χ0n) is 18.3. The molecule has 2 N–H and O–H groups in total. The second kappa shape index (κ2) is 10.6. The molecule has 2 aromatic carbocycles. The standard InChI is InChI=1S/C25H29N3O3S/c1-30-21-10-9-19-14-20(24(29)27-23(19)15-21)16-28(17-22-8-5-13-31-22)25(32)26-12-11-18-6-3-2-4-7-18/h2-4,6-7,9-10,14-15,22H,5,8,11-13,16-17H2,1H3,(H,26,32)(H,27,29)/t22-/m1/s1. The number of thiocarbonyl (C=S) groups is 1. The van der Waals surface area contributed by atoms with Crippen molar-refractivity contribution in [2.45, 2.75) is 31.9 Å². The summed E-state index contributed by atoms with van der Waals surface area (Å²) < 4.78 is 11.1. The van der Waals surface area contributed by atoms with Crippen LogP contribution in [0.25, 0.3) is 10.9 Å². The highest BCUT2D eigenvalue weighted by atomic mass is 32.1. The summed E-state index contributed by atoms with van der Waals surface area (Å²) in [5, 5.41) is 4.97. The van der Waals surface area contributed by atoms with E-state index in [1.165, 1.54) is 5.56 Å². The Labute approximate surface area is 193 Å². The van der Waals surface area contributed by atoms with Crippen LogP contribution in [-0.4, -0.2) is 47.9 Å².